The molecule has 1 amide bonds. The van der Waals surface area contributed by atoms with Gasteiger partial charge in [-0.25, -0.2) is 4.98 Å². The number of amides is 1. The lowest BCUT2D eigenvalue weighted by Gasteiger charge is -2.07. The van der Waals surface area contributed by atoms with Crippen molar-refractivity contribution < 1.29 is 9.53 Å². The largest absolute Gasteiger partial charge is 0.379 e. The molecule has 15 heavy (non-hydrogen) atoms. The molecule has 0 aliphatic rings. The van der Waals surface area contributed by atoms with Crippen molar-refractivity contribution >= 4 is 17.2 Å². The van der Waals surface area contributed by atoms with Gasteiger partial charge in [0.15, 0.2) is 0 Å². The van der Waals surface area contributed by atoms with Crippen molar-refractivity contribution in [3.63, 3.8) is 0 Å². The summed E-state index contributed by atoms with van der Waals surface area (Å²) < 4.78 is 5.35. The summed E-state index contributed by atoms with van der Waals surface area (Å²) in [5.74, 6) is -0.110. The molecule has 1 heterocycles. The number of nitrogens with zero attached hydrogens (tertiary/aromatic N) is 1. The minimum atomic E-state index is -0.110. The zero-order valence-electron chi connectivity index (χ0n) is 9.03. The third-order valence-corrected chi connectivity index (χ3v) is 2.31. The van der Waals surface area contributed by atoms with Crippen LogP contribution in [-0.2, 0) is 4.74 Å². The Labute approximate surface area is 93.7 Å². The zero-order valence-corrected chi connectivity index (χ0v) is 9.84. The van der Waals surface area contributed by atoms with Crippen LogP contribution in [0.1, 0.15) is 30.8 Å². The van der Waals surface area contributed by atoms with E-state index in [0.29, 0.717) is 18.8 Å². The molecule has 0 bridgehead atoms. The Kier molecular flexibility index (Phi) is 5.28. The van der Waals surface area contributed by atoms with Gasteiger partial charge >= 0.3 is 0 Å². The molecular weight excluding hydrogens is 212 g/mol. The first-order valence-electron chi connectivity index (χ1n) is 4.98. The number of hydrogen-bond acceptors (Lipinski definition) is 4. The van der Waals surface area contributed by atoms with Crippen LogP contribution in [0.2, 0.25) is 0 Å². The lowest BCUT2D eigenvalue weighted by atomic mass is 10.4. The number of nitrogens with one attached hydrogen (secondary N) is 1. The monoisotopic (exact) mass is 228 g/mol. The Bertz CT molecular complexity index is 286. The van der Waals surface area contributed by atoms with Crippen molar-refractivity contribution in [3.05, 3.63) is 16.6 Å². The molecule has 0 aliphatic carbocycles. The van der Waals surface area contributed by atoms with Gasteiger partial charge in [-0.2, -0.15) is 0 Å². The van der Waals surface area contributed by atoms with Gasteiger partial charge < -0.3 is 10.1 Å². The molecule has 4 nitrogen and oxygen atoms in total. The van der Waals surface area contributed by atoms with E-state index in [9.17, 15) is 4.79 Å². The quantitative estimate of drug-likeness (QED) is 0.754. The van der Waals surface area contributed by atoms with E-state index in [4.69, 9.17) is 4.74 Å². The van der Waals surface area contributed by atoms with Crippen LogP contribution in [0.3, 0.4) is 0 Å². The van der Waals surface area contributed by atoms with Crippen LogP contribution in [0.5, 0.6) is 0 Å². The van der Waals surface area contributed by atoms with Crippen LogP contribution < -0.4 is 5.32 Å². The van der Waals surface area contributed by atoms with Crippen LogP contribution in [0.25, 0.3) is 0 Å². The molecule has 1 aromatic heterocycles. The molecule has 0 unspecified atom stereocenters. The lowest BCUT2D eigenvalue weighted by Crippen LogP contribution is -2.25. The van der Waals surface area contributed by atoms with Gasteiger partial charge in [-0.3, -0.25) is 4.79 Å². The van der Waals surface area contributed by atoms with Gasteiger partial charge in [0, 0.05) is 18.5 Å². The first-order valence-corrected chi connectivity index (χ1v) is 5.92. The number of ether oxygens (including phenoxy) is 1. The molecule has 84 valence electrons. The summed E-state index contributed by atoms with van der Waals surface area (Å²) in [5.41, 5.74) is 2.14. The molecule has 5 heteroatoms. The van der Waals surface area contributed by atoms with Crippen molar-refractivity contribution in [2.45, 2.75) is 26.4 Å². The number of carbonyl (C=O) groups is 1. The first kappa shape index (κ1) is 12.1. The predicted molar refractivity (Wildman–Crippen MR) is 60.2 cm³/mol. The maximum absolute atomic E-state index is 11.4. The third-order valence-electron chi connectivity index (χ3n) is 1.72. The second-order valence-electron chi connectivity index (χ2n) is 3.40. The smallest absolute Gasteiger partial charge is 0.270 e. The average Bonchev–Trinajstić information content (AvgIpc) is 2.69. The highest BCUT2D eigenvalue weighted by atomic mass is 32.1. The summed E-state index contributed by atoms with van der Waals surface area (Å²) in [6.07, 6.45) is 1.08. The SMILES string of the molecule is CC(C)OCCCNC(=O)c1cscn1. The lowest BCUT2D eigenvalue weighted by molar-refractivity contribution is 0.0756. The number of aromatic nitrogens is 1. The number of hydrogen-bond donors (Lipinski definition) is 1. The Balaban J connectivity index is 2.08. The number of rotatable bonds is 6. The Morgan fingerprint density at radius 3 is 3.07 bits per heavy atom. The van der Waals surface area contributed by atoms with E-state index in [1.165, 1.54) is 11.3 Å². The summed E-state index contributed by atoms with van der Waals surface area (Å²) in [7, 11) is 0. The van der Waals surface area contributed by atoms with E-state index < -0.39 is 0 Å². The third kappa shape index (κ3) is 4.90. The zero-order chi connectivity index (χ0) is 11.1. The summed E-state index contributed by atoms with van der Waals surface area (Å²) in [6.45, 7) is 5.29. The van der Waals surface area contributed by atoms with Gasteiger partial charge in [0.1, 0.15) is 5.69 Å². The molecule has 1 rings (SSSR count). The molecule has 1 aromatic rings. The molecule has 0 aromatic carbocycles. The maximum atomic E-state index is 11.4. The fraction of sp³-hybridized carbons (Fsp3) is 0.600. The molecule has 0 saturated carbocycles. The van der Waals surface area contributed by atoms with Gasteiger partial charge in [-0.1, -0.05) is 0 Å². The Morgan fingerprint density at radius 2 is 2.47 bits per heavy atom. The summed E-state index contributed by atoms with van der Waals surface area (Å²) >= 11 is 1.42. The molecule has 0 aliphatic heterocycles. The van der Waals surface area contributed by atoms with E-state index in [2.05, 4.69) is 10.3 Å². The average molecular weight is 228 g/mol. The van der Waals surface area contributed by atoms with Gasteiger partial charge in [0.2, 0.25) is 0 Å². The minimum absolute atomic E-state index is 0.110. The molecule has 0 saturated heterocycles. The van der Waals surface area contributed by atoms with Crippen molar-refractivity contribution in [2.75, 3.05) is 13.2 Å². The molecule has 1 N–H and O–H groups in total. The van der Waals surface area contributed by atoms with Crippen LogP contribution in [-0.4, -0.2) is 30.1 Å². The molecule has 0 atom stereocenters. The Hall–Kier alpha value is -0.940. The second kappa shape index (κ2) is 6.53. The van der Waals surface area contributed by atoms with E-state index in [-0.39, 0.29) is 12.0 Å². The van der Waals surface area contributed by atoms with Crippen LogP contribution >= 0.6 is 11.3 Å². The highest BCUT2D eigenvalue weighted by Crippen LogP contribution is 2.00. The molecular formula is C10H16N2O2S. The Morgan fingerprint density at radius 1 is 1.67 bits per heavy atom. The highest BCUT2D eigenvalue weighted by Gasteiger charge is 2.05. The summed E-state index contributed by atoms with van der Waals surface area (Å²) in [6, 6.07) is 0. The van der Waals surface area contributed by atoms with Crippen molar-refractivity contribution in [1.29, 1.82) is 0 Å². The maximum Gasteiger partial charge on any atom is 0.270 e. The molecule has 0 radical (unpaired) electrons. The van der Waals surface area contributed by atoms with Crippen molar-refractivity contribution in [1.82, 2.24) is 10.3 Å². The van der Waals surface area contributed by atoms with Crippen LogP contribution in [0, 0.1) is 0 Å². The predicted octanol–water partition coefficient (Wildman–Crippen LogP) is 1.69. The summed E-state index contributed by atoms with van der Waals surface area (Å²) in [5, 5.41) is 4.52. The normalized spacial score (nSPS) is 10.6. The van der Waals surface area contributed by atoms with Crippen molar-refractivity contribution in [3.8, 4) is 0 Å². The van der Waals surface area contributed by atoms with Gasteiger partial charge in [0.05, 0.1) is 11.6 Å². The first-order chi connectivity index (χ1) is 7.20. The van der Waals surface area contributed by atoms with Crippen LogP contribution in [0.15, 0.2) is 10.9 Å². The second-order valence-corrected chi connectivity index (χ2v) is 4.12. The number of carbonyl (C=O) groups excluding carboxylic acids is 1. The van der Waals surface area contributed by atoms with Gasteiger partial charge in [0.25, 0.3) is 5.91 Å². The fourth-order valence-corrected chi connectivity index (χ4v) is 1.54. The van der Waals surface area contributed by atoms with Crippen LogP contribution in [0.4, 0.5) is 0 Å². The topological polar surface area (TPSA) is 51.2 Å². The highest BCUT2D eigenvalue weighted by molar-refractivity contribution is 7.07. The van der Waals surface area contributed by atoms with Crippen molar-refractivity contribution in [2.24, 2.45) is 0 Å². The standard InChI is InChI=1S/C10H16N2O2S/c1-8(2)14-5-3-4-11-10(13)9-6-15-7-12-9/h6-8H,3-5H2,1-2H3,(H,11,13). The molecule has 0 spiro atoms. The minimum Gasteiger partial charge on any atom is -0.379 e. The van der Waals surface area contributed by atoms with E-state index in [0.717, 1.165) is 6.42 Å². The van der Waals surface area contributed by atoms with Gasteiger partial charge in [-0.05, 0) is 20.3 Å². The van der Waals surface area contributed by atoms with Gasteiger partial charge in [-0.15, -0.1) is 11.3 Å². The number of thiazole rings is 1. The van der Waals surface area contributed by atoms with E-state index in [1.54, 1.807) is 10.9 Å². The van der Waals surface area contributed by atoms with E-state index >= 15 is 0 Å². The molecule has 0 fully saturated rings. The van der Waals surface area contributed by atoms with E-state index in [1.807, 2.05) is 13.8 Å². The fourth-order valence-electron chi connectivity index (χ4n) is 1.01. The summed E-state index contributed by atoms with van der Waals surface area (Å²) in [4.78, 5) is 15.3.